The maximum absolute atomic E-state index is 12.7. The van der Waals surface area contributed by atoms with Gasteiger partial charge in [0.1, 0.15) is 0 Å². The smallest absolute Gasteiger partial charge is 0.251 e. The highest BCUT2D eigenvalue weighted by molar-refractivity contribution is 7.92. The van der Waals surface area contributed by atoms with E-state index in [0.29, 0.717) is 24.2 Å². The fourth-order valence-corrected chi connectivity index (χ4v) is 5.02. The van der Waals surface area contributed by atoms with Crippen molar-refractivity contribution >= 4 is 21.6 Å². The van der Waals surface area contributed by atoms with Gasteiger partial charge in [0.25, 0.3) is 5.91 Å². The first-order chi connectivity index (χ1) is 13.2. The van der Waals surface area contributed by atoms with Crippen LogP contribution in [0.3, 0.4) is 0 Å². The monoisotopic (exact) mass is 401 g/mol. The van der Waals surface area contributed by atoms with Gasteiger partial charge in [0.05, 0.1) is 11.9 Å². The molecule has 0 fully saturated rings. The summed E-state index contributed by atoms with van der Waals surface area (Å²) in [5.74, 6) is -0.159. The lowest BCUT2D eigenvalue weighted by molar-refractivity contribution is 0.0950. The number of carbonyl (C=O) groups excluding carboxylic acids is 1. The van der Waals surface area contributed by atoms with E-state index in [0.717, 1.165) is 17.7 Å². The van der Waals surface area contributed by atoms with Crippen LogP contribution in [0.1, 0.15) is 34.0 Å². The van der Waals surface area contributed by atoms with Crippen molar-refractivity contribution in [3.05, 3.63) is 64.7 Å². The number of hydrogen-bond donors (Lipinski definition) is 1. The molecule has 0 saturated carbocycles. The van der Waals surface area contributed by atoms with Gasteiger partial charge >= 0.3 is 0 Å². The molecule has 2 aromatic rings. The normalized spacial score (nSPS) is 16.3. The molecule has 1 atom stereocenters. The minimum atomic E-state index is -3.33. The minimum Gasteiger partial charge on any atom is -0.348 e. The van der Waals surface area contributed by atoms with Crippen molar-refractivity contribution in [1.29, 1.82) is 0 Å². The highest BCUT2D eigenvalue weighted by atomic mass is 32.2. The predicted octanol–water partition coefficient (Wildman–Crippen LogP) is 2.39. The van der Waals surface area contributed by atoms with Gasteiger partial charge in [-0.25, -0.2) is 8.42 Å². The fourth-order valence-electron chi connectivity index (χ4n) is 3.75. The van der Waals surface area contributed by atoms with Crippen LogP contribution in [0.5, 0.6) is 0 Å². The zero-order valence-corrected chi connectivity index (χ0v) is 17.6. The molecule has 150 valence electrons. The number of sulfonamides is 1. The summed E-state index contributed by atoms with van der Waals surface area (Å²) in [4.78, 5) is 14.8. The van der Waals surface area contributed by atoms with Crippen molar-refractivity contribution in [3.8, 4) is 0 Å². The second kappa shape index (κ2) is 7.93. The van der Waals surface area contributed by atoms with Crippen LogP contribution < -0.4 is 9.62 Å². The second-order valence-electron chi connectivity index (χ2n) is 7.64. The number of fused-ring (bicyclic) bond motifs is 1. The molecule has 2 aromatic carbocycles. The Bertz CT molecular complexity index is 986. The molecule has 3 rings (SSSR count). The van der Waals surface area contributed by atoms with Gasteiger partial charge in [0, 0.05) is 24.7 Å². The van der Waals surface area contributed by atoms with Crippen LogP contribution in [-0.2, 0) is 29.5 Å². The van der Waals surface area contributed by atoms with Gasteiger partial charge in [-0.3, -0.25) is 9.10 Å². The number of benzene rings is 2. The summed E-state index contributed by atoms with van der Waals surface area (Å²) < 4.78 is 25.5. The molecule has 1 heterocycles. The first-order valence-corrected chi connectivity index (χ1v) is 11.1. The molecule has 6 nitrogen and oxygen atoms in total. The van der Waals surface area contributed by atoms with Crippen LogP contribution in [-0.4, -0.2) is 45.6 Å². The van der Waals surface area contributed by atoms with Crippen molar-refractivity contribution in [2.75, 3.05) is 24.7 Å². The number of rotatable bonds is 6. The SMILES string of the molecule is CC1Cc2cc(C(=O)NCc3ccccc3CN(C)C)ccc2N1S(C)(=O)=O. The Kier molecular flexibility index (Phi) is 5.76. The molecule has 0 radical (unpaired) electrons. The average molecular weight is 402 g/mol. The van der Waals surface area contributed by atoms with E-state index in [2.05, 4.69) is 16.3 Å². The summed E-state index contributed by atoms with van der Waals surface area (Å²) in [6.45, 7) is 3.14. The van der Waals surface area contributed by atoms with Crippen LogP contribution in [0.2, 0.25) is 0 Å². The maximum Gasteiger partial charge on any atom is 0.251 e. The Labute approximate surface area is 167 Å². The van der Waals surface area contributed by atoms with E-state index >= 15 is 0 Å². The fraction of sp³-hybridized carbons (Fsp3) is 0.381. The number of anilines is 1. The molecule has 1 aliphatic heterocycles. The third-order valence-electron chi connectivity index (χ3n) is 4.90. The zero-order chi connectivity index (χ0) is 20.5. The Morgan fingerprint density at radius 1 is 1.18 bits per heavy atom. The van der Waals surface area contributed by atoms with Gasteiger partial charge in [-0.1, -0.05) is 24.3 Å². The van der Waals surface area contributed by atoms with Gasteiger partial charge in [-0.05, 0) is 62.3 Å². The third-order valence-corrected chi connectivity index (χ3v) is 6.17. The topological polar surface area (TPSA) is 69.7 Å². The summed E-state index contributed by atoms with van der Waals surface area (Å²) in [5.41, 5.74) is 4.37. The van der Waals surface area contributed by atoms with Crippen LogP contribution in [0.25, 0.3) is 0 Å². The van der Waals surface area contributed by atoms with Crippen LogP contribution in [0.15, 0.2) is 42.5 Å². The number of nitrogens with one attached hydrogen (secondary N) is 1. The third kappa shape index (κ3) is 4.36. The standard InChI is InChI=1S/C21H27N3O3S/c1-15-11-19-12-16(9-10-20(19)24(15)28(4,26)27)21(25)22-13-17-7-5-6-8-18(17)14-23(2)3/h5-10,12,15H,11,13-14H2,1-4H3,(H,22,25). The van der Waals surface area contributed by atoms with Crippen LogP contribution >= 0.6 is 0 Å². The highest BCUT2D eigenvalue weighted by Crippen LogP contribution is 2.34. The number of nitrogens with zero attached hydrogens (tertiary/aromatic N) is 2. The molecule has 0 aliphatic carbocycles. The van der Waals surface area contributed by atoms with E-state index in [1.54, 1.807) is 18.2 Å². The summed E-state index contributed by atoms with van der Waals surface area (Å²) >= 11 is 0. The molecule has 0 bridgehead atoms. The molecule has 0 spiro atoms. The van der Waals surface area contributed by atoms with Gasteiger partial charge in [-0.15, -0.1) is 0 Å². The largest absolute Gasteiger partial charge is 0.348 e. The number of carbonyl (C=O) groups is 1. The van der Waals surface area contributed by atoms with Crippen LogP contribution in [0.4, 0.5) is 5.69 Å². The molecule has 0 aromatic heterocycles. The highest BCUT2D eigenvalue weighted by Gasteiger charge is 2.32. The molecule has 28 heavy (non-hydrogen) atoms. The van der Waals surface area contributed by atoms with Crippen molar-refractivity contribution in [1.82, 2.24) is 10.2 Å². The lowest BCUT2D eigenvalue weighted by Gasteiger charge is -2.21. The summed E-state index contributed by atoms with van der Waals surface area (Å²) in [5, 5.41) is 2.98. The molecule has 1 unspecified atom stereocenters. The Hall–Kier alpha value is -2.38. The number of hydrogen-bond acceptors (Lipinski definition) is 4. The Balaban J connectivity index is 1.75. The molecular weight excluding hydrogens is 374 g/mol. The molecule has 1 N–H and O–H groups in total. The number of amides is 1. The summed E-state index contributed by atoms with van der Waals surface area (Å²) in [6.07, 6.45) is 1.82. The maximum atomic E-state index is 12.7. The van der Waals surface area contributed by atoms with E-state index in [-0.39, 0.29) is 11.9 Å². The lowest BCUT2D eigenvalue weighted by Crippen LogP contribution is -2.34. The van der Waals surface area contributed by atoms with E-state index < -0.39 is 10.0 Å². The van der Waals surface area contributed by atoms with E-state index in [9.17, 15) is 13.2 Å². The summed E-state index contributed by atoms with van der Waals surface area (Å²) in [7, 11) is 0.699. The van der Waals surface area contributed by atoms with Crippen molar-refractivity contribution in [2.24, 2.45) is 0 Å². The molecule has 0 saturated heterocycles. The average Bonchev–Trinajstić information content (AvgIpc) is 2.95. The van der Waals surface area contributed by atoms with E-state index in [4.69, 9.17) is 0 Å². The van der Waals surface area contributed by atoms with E-state index in [1.165, 1.54) is 16.1 Å². The van der Waals surface area contributed by atoms with Gasteiger partial charge < -0.3 is 10.2 Å². The van der Waals surface area contributed by atoms with Crippen molar-refractivity contribution < 1.29 is 13.2 Å². The van der Waals surface area contributed by atoms with Gasteiger partial charge in [0.2, 0.25) is 10.0 Å². The predicted molar refractivity (Wildman–Crippen MR) is 112 cm³/mol. The van der Waals surface area contributed by atoms with Crippen molar-refractivity contribution in [2.45, 2.75) is 32.5 Å². The molecule has 7 heteroatoms. The van der Waals surface area contributed by atoms with Gasteiger partial charge in [0.15, 0.2) is 0 Å². The Morgan fingerprint density at radius 2 is 1.86 bits per heavy atom. The van der Waals surface area contributed by atoms with Crippen molar-refractivity contribution in [3.63, 3.8) is 0 Å². The molecule has 1 aliphatic rings. The van der Waals surface area contributed by atoms with Gasteiger partial charge in [-0.2, -0.15) is 0 Å². The second-order valence-corrected chi connectivity index (χ2v) is 9.50. The minimum absolute atomic E-state index is 0.138. The lowest BCUT2D eigenvalue weighted by atomic mass is 10.1. The Morgan fingerprint density at radius 3 is 2.50 bits per heavy atom. The first kappa shape index (κ1) is 20.4. The first-order valence-electron chi connectivity index (χ1n) is 9.29. The quantitative estimate of drug-likeness (QED) is 0.807. The molecular formula is C21H27N3O3S. The summed E-state index contributed by atoms with van der Waals surface area (Å²) in [6, 6.07) is 13.1. The zero-order valence-electron chi connectivity index (χ0n) is 16.8. The van der Waals surface area contributed by atoms with Crippen LogP contribution in [0, 0.1) is 0 Å². The molecule has 1 amide bonds. The van der Waals surface area contributed by atoms with E-state index in [1.807, 2.05) is 39.2 Å².